The maximum Gasteiger partial charge on any atom is 0.207 e. The van der Waals surface area contributed by atoms with Gasteiger partial charge in [-0.1, -0.05) is 36.4 Å². The van der Waals surface area contributed by atoms with Crippen molar-refractivity contribution in [2.75, 3.05) is 0 Å². The minimum Gasteiger partial charge on any atom is -0.488 e. The molecule has 0 saturated heterocycles. The minimum absolute atomic E-state index is 0.0632. The molecule has 3 rings (SSSR count). The van der Waals surface area contributed by atoms with Crippen LogP contribution < -0.4 is 10.1 Å². The largest absolute Gasteiger partial charge is 0.488 e. The summed E-state index contributed by atoms with van der Waals surface area (Å²) in [5.74, 6) is 0.840. The Morgan fingerprint density at radius 2 is 1.91 bits per heavy atom. The predicted molar refractivity (Wildman–Crippen MR) is 94.4 cm³/mol. The van der Waals surface area contributed by atoms with Gasteiger partial charge in [-0.2, -0.15) is 0 Å². The zero-order valence-electron chi connectivity index (χ0n) is 12.9. The van der Waals surface area contributed by atoms with E-state index in [1.807, 2.05) is 24.3 Å². The molecule has 0 atom stereocenters. The molecule has 0 radical (unpaired) electrons. The van der Waals surface area contributed by atoms with Gasteiger partial charge in [0.15, 0.2) is 0 Å². The van der Waals surface area contributed by atoms with Crippen molar-refractivity contribution in [1.29, 1.82) is 0 Å². The molecule has 0 bridgehead atoms. The van der Waals surface area contributed by atoms with Crippen LogP contribution in [0.3, 0.4) is 0 Å². The molecule has 1 amide bonds. The van der Waals surface area contributed by atoms with Crippen molar-refractivity contribution in [3.05, 3.63) is 64.1 Å². The standard InChI is InChI=1S/C19H20BrNO2/c20-17-8-7-16(12-19(21-14-22)9-4-10-19)11-18(17)23-13-15-5-2-1-3-6-15/h1-3,5-8,11,14H,4,9-10,12-13H2,(H,21,22). The molecule has 0 aliphatic heterocycles. The van der Waals surface area contributed by atoms with Gasteiger partial charge in [0.05, 0.1) is 4.47 Å². The van der Waals surface area contributed by atoms with E-state index in [9.17, 15) is 4.79 Å². The first-order valence-corrected chi connectivity index (χ1v) is 8.67. The van der Waals surface area contributed by atoms with Gasteiger partial charge >= 0.3 is 0 Å². The summed E-state index contributed by atoms with van der Waals surface area (Å²) >= 11 is 3.55. The Bertz CT molecular complexity index is 668. The minimum atomic E-state index is -0.0632. The molecule has 120 valence electrons. The fourth-order valence-corrected chi connectivity index (χ4v) is 3.36. The molecule has 1 aliphatic rings. The van der Waals surface area contributed by atoms with E-state index in [0.717, 1.165) is 41.5 Å². The zero-order valence-corrected chi connectivity index (χ0v) is 14.5. The maximum atomic E-state index is 10.8. The lowest BCUT2D eigenvalue weighted by atomic mass is 9.73. The van der Waals surface area contributed by atoms with Crippen LogP contribution >= 0.6 is 15.9 Å². The Kier molecular flexibility index (Phi) is 5.01. The average Bonchev–Trinajstić information content (AvgIpc) is 2.54. The van der Waals surface area contributed by atoms with E-state index in [4.69, 9.17) is 4.74 Å². The maximum absolute atomic E-state index is 10.8. The van der Waals surface area contributed by atoms with Gasteiger partial charge in [0.2, 0.25) is 6.41 Å². The van der Waals surface area contributed by atoms with Crippen LogP contribution in [-0.2, 0) is 17.8 Å². The average molecular weight is 374 g/mol. The highest BCUT2D eigenvalue weighted by Crippen LogP contribution is 2.36. The van der Waals surface area contributed by atoms with E-state index in [-0.39, 0.29) is 5.54 Å². The smallest absolute Gasteiger partial charge is 0.207 e. The van der Waals surface area contributed by atoms with E-state index >= 15 is 0 Å². The first-order valence-electron chi connectivity index (χ1n) is 7.87. The molecule has 1 saturated carbocycles. The van der Waals surface area contributed by atoms with Gasteiger partial charge in [0.25, 0.3) is 0 Å². The first kappa shape index (κ1) is 16.1. The lowest BCUT2D eigenvalue weighted by Gasteiger charge is -2.41. The van der Waals surface area contributed by atoms with E-state index in [0.29, 0.717) is 6.61 Å². The predicted octanol–water partition coefficient (Wildman–Crippen LogP) is 4.24. The van der Waals surface area contributed by atoms with Gasteiger partial charge in [0, 0.05) is 5.54 Å². The molecule has 23 heavy (non-hydrogen) atoms. The highest BCUT2D eigenvalue weighted by atomic mass is 79.9. The SMILES string of the molecule is O=CNC1(Cc2ccc(Br)c(OCc3ccccc3)c2)CCC1. The Morgan fingerprint density at radius 1 is 1.13 bits per heavy atom. The molecule has 0 aromatic heterocycles. The van der Waals surface area contributed by atoms with Crippen molar-refractivity contribution in [3.8, 4) is 5.75 Å². The van der Waals surface area contributed by atoms with Gasteiger partial charge < -0.3 is 10.1 Å². The monoisotopic (exact) mass is 373 g/mol. The summed E-state index contributed by atoms with van der Waals surface area (Å²) in [4.78, 5) is 10.8. The number of carbonyl (C=O) groups excluding carboxylic acids is 1. The second-order valence-electron chi connectivity index (χ2n) is 6.11. The Morgan fingerprint density at radius 3 is 2.57 bits per heavy atom. The van der Waals surface area contributed by atoms with E-state index < -0.39 is 0 Å². The van der Waals surface area contributed by atoms with Crippen molar-refractivity contribution in [2.24, 2.45) is 0 Å². The molecular formula is C19H20BrNO2. The van der Waals surface area contributed by atoms with Crippen LogP contribution in [0.15, 0.2) is 53.0 Å². The van der Waals surface area contributed by atoms with Crippen molar-refractivity contribution < 1.29 is 9.53 Å². The molecule has 0 heterocycles. The summed E-state index contributed by atoms with van der Waals surface area (Å²) in [6.45, 7) is 0.542. The molecule has 0 spiro atoms. The van der Waals surface area contributed by atoms with Crippen molar-refractivity contribution in [1.82, 2.24) is 5.32 Å². The molecule has 3 nitrogen and oxygen atoms in total. The number of benzene rings is 2. The second kappa shape index (κ2) is 7.18. The lowest BCUT2D eigenvalue weighted by molar-refractivity contribution is -0.112. The van der Waals surface area contributed by atoms with Crippen LogP contribution in [0.1, 0.15) is 30.4 Å². The van der Waals surface area contributed by atoms with E-state index in [1.54, 1.807) is 0 Å². The quantitative estimate of drug-likeness (QED) is 0.737. The Balaban J connectivity index is 1.70. The first-order chi connectivity index (χ1) is 11.2. The van der Waals surface area contributed by atoms with Crippen LogP contribution in [0.25, 0.3) is 0 Å². The zero-order chi connectivity index (χ0) is 16.1. The van der Waals surface area contributed by atoms with E-state index in [2.05, 4.69) is 45.5 Å². The van der Waals surface area contributed by atoms with Gasteiger partial charge in [-0.15, -0.1) is 0 Å². The third kappa shape index (κ3) is 3.94. The normalized spacial score (nSPS) is 15.5. The van der Waals surface area contributed by atoms with Crippen LogP contribution in [0, 0.1) is 0 Å². The molecule has 1 aliphatic carbocycles. The van der Waals surface area contributed by atoms with Crippen molar-refractivity contribution >= 4 is 22.3 Å². The van der Waals surface area contributed by atoms with Gasteiger partial charge in [-0.05, 0) is 64.9 Å². The molecule has 0 unspecified atom stereocenters. The third-order valence-electron chi connectivity index (χ3n) is 4.45. The molecule has 1 N–H and O–H groups in total. The van der Waals surface area contributed by atoms with Crippen molar-refractivity contribution in [3.63, 3.8) is 0 Å². The number of hydrogen-bond donors (Lipinski definition) is 1. The summed E-state index contributed by atoms with van der Waals surface area (Å²) in [6, 6.07) is 16.3. The van der Waals surface area contributed by atoms with Gasteiger partial charge in [0.1, 0.15) is 12.4 Å². The van der Waals surface area contributed by atoms with Crippen molar-refractivity contribution in [2.45, 2.75) is 37.8 Å². The van der Waals surface area contributed by atoms with Crippen LogP contribution in [-0.4, -0.2) is 11.9 Å². The summed E-state index contributed by atoms with van der Waals surface area (Å²) in [7, 11) is 0. The summed E-state index contributed by atoms with van der Waals surface area (Å²) in [5.41, 5.74) is 2.26. The highest BCUT2D eigenvalue weighted by molar-refractivity contribution is 9.10. The van der Waals surface area contributed by atoms with E-state index in [1.165, 1.54) is 12.0 Å². The fourth-order valence-electron chi connectivity index (χ4n) is 3.00. The molecule has 2 aromatic carbocycles. The fraction of sp³-hybridized carbons (Fsp3) is 0.316. The summed E-state index contributed by atoms with van der Waals surface area (Å²) in [5, 5.41) is 3.00. The third-order valence-corrected chi connectivity index (χ3v) is 5.11. The number of amides is 1. The number of rotatable bonds is 7. The molecule has 2 aromatic rings. The number of ether oxygens (including phenoxy) is 1. The highest BCUT2D eigenvalue weighted by Gasteiger charge is 2.36. The Labute approximate surface area is 145 Å². The lowest BCUT2D eigenvalue weighted by Crippen LogP contribution is -2.52. The molecular weight excluding hydrogens is 354 g/mol. The topological polar surface area (TPSA) is 38.3 Å². The van der Waals surface area contributed by atoms with Crippen LogP contribution in [0.4, 0.5) is 0 Å². The number of carbonyl (C=O) groups is 1. The van der Waals surface area contributed by atoms with Gasteiger partial charge in [-0.25, -0.2) is 0 Å². The number of hydrogen-bond acceptors (Lipinski definition) is 2. The molecule has 1 fully saturated rings. The summed E-state index contributed by atoms with van der Waals surface area (Å²) < 4.78 is 6.90. The van der Waals surface area contributed by atoms with Crippen LogP contribution in [0.2, 0.25) is 0 Å². The Hall–Kier alpha value is -1.81. The summed E-state index contributed by atoms with van der Waals surface area (Å²) in [6.07, 6.45) is 4.93. The second-order valence-corrected chi connectivity index (χ2v) is 6.97. The van der Waals surface area contributed by atoms with Crippen LogP contribution in [0.5, 0.6) is 5.75 Å². The number of halogens is 1. The molecule has 4 heteroatoms. The van der Waals surface area contributed by atoms with Gasteiger partial charge in [-0.3, -0.25) is 4.79 Å². The number of nitrogens with one attached hydrogen (secondary N) is 1.